The number of hydrogen-bond donors (Lipinski definition) is 1. The highest BCUT2D eigenvalue weighted by molar-refractivity contribution is 5.75. The van der Waals surface area contributed by atoms with Crippen LogP contribution in [0.5, 0.6) is 17.4 Å². The van der Waals surface area contributed by atoms with Gasteiger partial charge in [-0.25, -0.2) is 24.1 Å². The van der Waals surface area contributed by atoms with E-state index < -0.39 is 11.4 Å². The summed E-state index contributed by atoms with van der Waals surface area (Å²) in [5, 5.41) is 3.25. The standard InChI is InChI=1S/C43H52FN9O5/c1-27-24-51(42(54)58-43(4,5)6)18-19-53(27)28(2)32-20-36(38(45-22-32)49-33-21-37(44)40(57-9)46-23-33)39-47-29(3)48-41(50-39)52(25-30-10-14-34(55-7)15-11-30)26-31-12-16-35(56-8)17-13-31/h10-17,20-23,27-28H,18-19,24-26H2,1-9H3,(H,45,49)/t27-,28?/m0/s1. The summed E-state index contributed by atoms with van der Waals surface area (Å²) < 4.78 is 36.4. The van der Waals surface area contributed by atoms with Crippen LogP contribution in [0.25, 0.3) is 11.4 Å². The second-order valence-electron chi connectivity index (χ2n) is 15.3. The van der Waals surface area contributed by atoms with E-state index >= 15 is 0 Å². The normalized spacial score (nSPS) is 15.1. The molecule has 1 saturated heterocycles. The number of nitrogens with one attached hydrogen (secondary N) is 1. The summed E-state index contributed by atoms with van der Waals surface area (Å²) in [6, 6.07) is 19.0. The van der Waals surface area contributed by atoms with Crippen molar-refractivity contribution >= 4 is 23.5 Å². The number of piperazine rings is 1. The molecule has 14 nitrogen and oxygen atoms in total. The molecule has 0 spiro atoms. The Morgan fingerprint density at radius 3 is 2.09 bits per heavy atom. The first kappa shape index (κ1) is 41.5. The summed E-state index contributed by atoms with van der Waals surface area (Å²) in [4.78, 5) is 42.8. The minimum Gasteiger partial charge on any atom is -0.497 e. The molecule has 1 aliphatic rings. The van der Waals surface area contributed by atoms with Crippen LogP contribution in [-0.2, 0) is 17.8 Å². The van der Waals surface area contributed by atoms with Crippen LogP contribution >= 0.6 is 0 Å². The predicted molar refractivity (Wildman–Crippen MR) is 220 cm³/mol. The van der Waals surface area contributed by atoms with Crippen molar-refractivity contribution in [3.8, 4) is 28.8 Å². The van der Waals surface area contributed by atoms with Crippen molar-refractivity contribution in [3.05, 3.63) is 101 Å². The zero-order chi connectivity index (χ0) is 41.6. The van der Waals surface area contributed by atoms with Crippen LogP contribution in [0.2, 0.25) is 0 Å². The first-order valence-electron chi connectivity index (χ1n) is 19.2. The Labute approximate surface area is 339 Å². The van der Waals surface area contributed by atoms with Crippen molar-refractivity contribution in [3.63, 3.8) is 0 Å². The molecule has 1 aliphatic heterocycles. The van der Waals surface area contributed by atoms with Gasteiger partial charge in [-0.05, 0) is 88.6 Å². The van der Waals surface area contributed by atoms with Crippen LogP contribution in [0.4, 0.5) is 26.6 Å². The van der Waals surface area contributed by atoms with Gasteiger partial charge in [0.1, 0.15) is 28.7 Å². The number of benzene rings is 2. The van der Waals surface area contributed by atoms with E-state index in [2.05, 4.69) is 33.9 Å². The van der Waals surface area contributed by atoms with Crippen LogP contribution in [0.15, 0.2) is 73.1 Å². The van der Waals surface area contributed by atoms with E-state index in [0.29, 0.717) is 67.4 Å². The highest BCUT2D eigenvalue weighted by atomic mass is 19.1. The van der Waals surface area contributed by atoms with Crippen molar-refractivity contribution in [1.29, 1.82) is 0 Å². The number of rotatable bonds is 13. The molecule has 0 aliphatic carbocycles. The number of hydrogen-bond acceptors (Lipinski definition) is 13. The SMILES string of the molecule is COc1ccc(CN(Cc2ccc(OC)cc2)c2nc(C)nc(-c3cc(C(C)N4CCN(C(=O)OC(C)(C)C)C[C@@H]4C)cnc3Nc3cnc(OC)c(F)c3)n2)cc1. The van der Waals surface area contributed by atoms with E-state index in [4.69, 9.17) is 38.9 Å². The van der Waals surface area contributed by atoms with Crippen molar-refractivity contribution in [2.45, 2.75) is 72.3 Å². The van der Waals surface area contributed by atoms with Gasteiger partial charge in [0.25, 0.3) is 0 Å². The number of carbonyl (C=O) groups is 1. The van der Waals surface area contributed by atoms with Crippen molar-refractivity contribution in [2.24, 2.45) is 0 Å². The number of pyridine rings is 2. The molecule has 1 amide bonds. The van der Waals surface area contributed by atoms with Gasteiger partial charge in [0.15, 0.2) is 11.6 Å². The van der Waals surface area contributed by atoms with Crippen LogP contribution < -0.4 is 24.4 Å². The van der Waals surface area contributed by atoms with E-state index in [-0.39, 0.29) is 24.1 Å². The minimum absolute atomic E-state index is 0.0290. The molecule has 0 saturated carbocycles. The van der Waals surface area contributed by atoms with E-state index in [1.165, 1.54) is 19.4 Å². The smallest absolute Gasteiger partial charge is 0.410 e. The maximum Gasteiger partial charge on any atom is 0.410 e. The van der Waals surface area contributed by atoms with Crippen LogP contribution in [0, 0.1) is 12.7 Å². The predicted octanol–water partition coefficient (Wildman–Crippen LogP) is 7.75. The lowest BCUT2D eigenvalue weighted by atomic mass is 10.0. The molecular formula is C43H52FN9O5. The Balaban J connectivity index is 1.38. The van der Waals surface area contributed by atoms with Gasteiger partial charge in [0, 0.05) is 57.1 Å². The van der Waals surface area contributed by atoms with Crippen molar-refractivity contribution in [2.75, 3.05) is 51.2 Å². The fraction of sp³-hybridized carbons (Fsp3) is 0.395. The molecule has 15 heteroatoms. The number of nitrogens with zero attached hydrogens (tertiary/aromatic N) is 8. The molecule has 3 aromatic heterocycles. The Hall–Kier alpha value is -6.09. The molecule has 1 unspecified atom stereocenters. The summed E-state index contributed by atoms with van der Waals surface area (Å²) in [7, 11) is 4.65. The van der Waals surface area contributed by atoms with Gasteiger partial charge in [0.2, 0.25) is 11.8 Å². The summed E-state index contributed by atoms with van der Waals surface area (Å²) in [6.07, 6.45) is 2.96. The molecular weight excluding hydrogens is 742 g/mol. The monoisotopic (exact) mass is 793 g/mol. The lowest BCUT2D eigenvalue weighted by molar-refractivity contribution is -0.000739. The third kappa shape index (κ3) is 10.3. The molecule has 58 heavy (non-hydrogen) atoms. The number of aromatic nitrogens is 5. The van der Waals surface area contributed by atoms with Gasteiger partial charge < -0.3 is 34.1 Å². The average Bonchev–Trinajstić information content (AvgIpc) is 3.20. The van der Waals surface area contributed by atoms with Gasteiger partial charge in [-0.1, -0.05) is 24.3 Å². The number of halogens is 1. The Morgan fingerprint density at radius 1 is 0.897 bits per heavy atom. The number of amides is 1. The number of ether oxygens (including phenoxy) is 4. The Kier molecular flexibility index (Phi) is 12.9. The molecule has 306 valence electrons. The van der Waals surface area contributed by atoms with Crippen LogP contribution in [0.3, 0.4) is 0 Å². The zero-order valence-corrected chi connectivity index (χ0v) is 34.6. The first-order chi connectivity index (χ1) is 27.7. The molecule has 0 bridgehead atoms. The second-order valence-corrected chi connectivity index (χ2v) is 15.3. The molecule has 4 heterocycles. The van der Waals surface area contributed by atoms with E-state index in [1.807, 2.05) is 82.3 Å². The maximum atomic E-state index is 14.8. The second kappa shape index (κ2) is 18.0. The Morgan fingerprint density at radius 2 is 1.53 bits per heavy atom. The number of anilines is 3. The highest BCUT2D eigenvalue weighted by Gasteiger charge is 2.33. The van der Waals surface area contributed by atoms with Crippen molar-refractivity contribution < 1.29 is 28.1 Å². The number of aryl methyl sites for hydroxylation is 1. The molecule has 2 aromatic carbocycles. The van der Waals surface area contributed by atoms with Gasteiger partial charge in [-0.2, -0.15) is 9.97 Å². The molecule has 2 atom stereocenters. The summed E-state index contributed by atoms with van der Waals surface area (Å²) in [6.45, 7) is 14.3. The maximum absolute atomic E-state index is 14.8. The van der Waals surface area contributed by atoms with E-state index in [9.17, 15) is 9.18 Å². The van der Waals surface area contributed by atoms with Crippen molar-refractivity contribution in [1.82, 2.24) is 34.7 Å². The third-order valence-electron chi connectivity index (χ3n) is 9.81. The lowest BCUT2D eigenvalue weighted by Crippen LogP contribution is -2.54. The molecule has 1 N–H and O–H groups in total. The minimum atomic E-state index is -0.621. The first-order valence-corrected chi connectivity index (χ1v) is 19.2. The molecule has 6 rings (SSSR count). The summed E-state index contributed by atoms with van der Waals surface area (Å²) in [5.41, 5.74) is 3.34. The Bertz CT molecular complexity index is 2130. The van der Waals surface area contributed by atoms with Gasteiger partial charge in [-0.15, -0.1) is 0 Å². The average molecular weight is 794 g/mol. The number of carbonyl (C=O) groups excluding carboxylic acids is 1. The summed E-state index contributed by atoms with van der Waals surface area (Å²) >= 11 is 0. The van der Waals surface area contributed by atoms with Gasteiger partial charge >= 0.3 is 6.09 Å². The third-order valence-corrected chi connectivity index (χ3v) is 9.81. The van der Waals surface area contributed by atoms with Gasteiger partial charge in [-0.3, -0.25) is 4.90 Å². The van der Waals surface area contributed by atoms with Gasteiger partial charge in [0.05, 0.1) is 38.8 Å². The fourth-order valence-corrected chi connectivity index (χ4v) is 6.82. The quantitative estimate of drug-likeness (QED) is 0.124. The van der Waals surface area contributed by atoms with Crippen LogP contribution in [0.1, 0.15) is 63.2 Å². The molecule has 0 radical (unpaired) electrons. The fourth-order valence-electron chi connectivity index (χ4n) is 6.82. The van der Waals surface area contributed by atoms with Crippen LogP contribution in [-0.4, -0.2) is 93.4 Å². The molecule has 1 fully saturated rings. The lowest BCUT2D eigenvalue weighted by Gasteiger charge is -2.43. The number of methoxy groups -OCH3 is 3. The highest BCUT2D eigenvalue weighted by Crippen LogP contribution is 2.34. The largest absolute Gasteiger partial charge is 0.497 e. The molecule has 5 aromatic rings. The zero-order valence-electron chi connectivity index (χ0n) is 34.6. The van der Waals surface area contributed by atoms with E-state index in [0.717, 1.165) is 28.2 Å². The topological polar surface area (TPSA) is 140 Å². The van der Waals surface area contributed by atoms with E-state index in [1.54, 1.807) is 25.3 Å². The summed E-state index contributed by atoms with van der Waals surface area (Å²) in [5.74, 6) is 2.53.